The summed E-state index contributed by atoms with van der Waals surface area (Å²) in [7, 11) is 0. The molecule has 0 aliphatic heterocycles. The molecule has 0 aliphatic rings. The zero-order chi connectivity index (χ0) is 13.1. The highest BCUT2D eigenvalue weighted by atomic mass is 35.5. The predicted octanol–water partition coefficient (Wildman–Crippen LogP) is 4.35. The lowest BCUT2D eigenvalue weighted by molar-refractivity contribution is -0.385. The molecule has 92 valence electrons. The van der Waals surface area contributed by atoms with Crippen LogP contribution in [0.15, 0.2) is 42.5 Å². The molecule has 0 atom stereocenters. The summed E-state index contributed by atoms with van der Waals surface area (Å²) >= 11 is 6.02. The first-order valence-corrected chi connectivity index (χ1v) is 5.64. The molecule has 0 heterocycles. The van der Waals surface area contributed by atoms with Crippen LogP contribution in [-0.4, -0.2) is 4.92 Å². The number of hydrogen-bond donors (Lipinski definition) is 0. The standard InChI is InChI=1S/C13H10ClNO3/c1-9-5-4-6-10(14)13(9)18-12-8-3-2-7-11(12)15(16)17/h2-8H,1H3. The van der Waals surface area contributed by atoms with E-state index in [4.69, 9.17) is 16.3 Å². The Kier molecular flexibility index (Phi) is 3.48. The maximum atomic E-state index is 10.9. The highest BCUT2D eigenvalue weighted by Gasteiger charge is 2.16. The van der Waals surface area contributed by atoms with Crippen molar-refractivity contribution in [2.24, 2.45) is 0 Å². The van der Waals surface area contributed by atoms with Gasteiger partial charge in [0.05, 0.1) is 9.95 Å². The lowest BCUT2D eigenvalue weighted by Gasteiger charge is -2.10. The lowest BCUT2D eigenvalue weighted by Crippen LogP contribution is -1.94. The van der Waals surface area contributed by atoms with E-state index in [9.17, 15) is 10.1 Å². The number of nitrogens with zero attached hydrogens (tertiary/aromatic N) is 1. The molecule has 0 amide bonds. The van der Waals surface area contributed by atoms with E-state index in [-0.39, 0.29) is 11.4 Å². The lowest BCUT2D eigenvalue weighted by atomic mass is 10.2. The van der Waals surface area contributed by atoms with Crippen molar-refractivity contribution in [1.82, 2.24) is 0 Å². The Labute approximate surface area is 109 Å². The zero-order valence-corrected chi connectivity index (χ0v) is 10.3. The summed E-state index contributed by atoms with van der Waals surface area (Å²) in [6.07, 6.45) is 0. The summed E-state index contributed by atoms with van der Waals surface area (Å²) in [5.41, 5.74) is 0.734. The van der Waals surface area contributed by atoms with Crippen molar-refractivity contribution in [2.75, 3.05) is 0 Å². The molecule has 18 heavy (non-hydrogen) atoms. The summed E-state index contributed by atoms with van der Waals surface area (Å²) < 4.78 is 5.56. The minimum Gasteiger partial charge on any atom is -0.448 e. The first kappa shape index (κ1) is 12.4. The smallest absolute Gasteiger partial charge is 0.311 e. The SMILES string of the molecule is Cc1cccc(Cl)c1Oc1ccccc1[N+](=O)[O-]. The fourth-order valence-electron chi connectivity index (χ4n) is 1.55. The van der Waals surface area contributed by atoms with Gasteiger partial charge in [-0.15, -0.1) is 0 Å². The number of rotatable bonds is 3. The van der Waals surface area contributed by atoms with Crippen LogP contribution in [0, 0.1) is 17.0 Å². The molecule has 4 nitrogen and oxygen atoms in total. The Morgan fingerprint density at radius 3 is 2.56 bits per heavy atom. The molecule has 5 heteroatoms. The molecular formula is C13H10ClNO3. The van der Waals surface area contributed by atoms with Gasteiger partial charge in [0.1, 0.15) is 5.75 Å². The van der Waals surface area contributed by atoms with Gasteiger partial charge in [0.15, 0.2) is 0 Å². The second kappa shape index (κ2) is 5.06. The number of para-hydroxylation sites is 3. The van der Waals surface area contributed by atoms with Crippen LogP contribution in [0.25, 0.3) is 0 Å². The van der Waals surface area contributed by atoms with Crippen molar-refractivity contribution in [1.29, 1.82) is 0 Å². The molecule has 2 aromatic rings. The Hall–Kier alpha value is -2.07. The molecule has 0 unspecified atom stereocenters. The molecule has 0 aliphatic carbocycles. The highest BCUT2D eigenvalue weighted by molar-refractivity contribution is 6.32. The largest absolute Gasteiger partial charge is 0.448 e. The normalized spacial score (nSPS) is 10.1. The van der Waals surface area contributed by atoms with Gasteiger partial charge >= 0.3 is 5.69 Å². The van der Waals surface area contributed by atoms with Crippen LogP contribution in [0.3, 0.4) is 0 Å². The molecule has 0 aromatic heterocycles. The van der Waals surface area contributed by atoms with Gasteiger partial charge in [-0.2, -0.15) is 0 Å². The number of benzene rings is 2. The van der Waals surface area contributed by atoms with Crippen LogP contribution < -0.4 is 4.74 Å². The molecule has 0 bridgehead atoms. The Morgan fingerprint density at radius 2 is 1.89 bits per heavy atom. The molecule has 0 spiro atoms. The van der Waals surface area contributed by atoms with Gasteiger partial charge in [-0.25, -0.2) is 0 Å². The van der Waals surface area contributed by atoms with Crippen molar-refractivity contribution in [3.8, 4) is 11.5 Å². The third-order valence-electron chi connectivity index (χ3n) is 2.44. The minimum absolute atomic E-state index is 0.0863. The van der Waals surface area contributed by atoms with Gasteiger partial charge in [-0.05, 0) is 24.6 Å². The van der Waals surface area contributed by atoms with Crippen LogP contribution in [0.2, 0.25) is 5.02 Å². The molecule has 2 aromatic carbocycles. The van der Waals surface area contributed by atoms with Gasteiger partial charge in [-0.3, -0.25) is 10.1 Å². The number of aryl methyl sites for hydroxylation is 1. The first-order chi connectivity index (χ1) is 8.59. The summed E-state index contributed by atoms with van der Waals surface area (Å²) in [6.45, 7) is 1.83. The van der Waals surface area contributed by atoms with Gasteiger partial charge in [-0.1, -0.05) is 35.9 Å². The Bertz CT molecular complexity index is 578. The molecule has 2 rings (SSSR count). The van der Waals surface area contributed by atoms with Crippen molar-refractivity contribution in [2.45, 2.75) is 6.92 Å². The van der Waals surface area contributed by atoms with Crippen LogP contribution in [0.1, 0.15) is 5.56 Å². The molecule has 0 saturated heterocycles. The van der Waals surface area contributed by atoms with Crippen LogP contribution in [-0.2, 0) is 0 Å². The van der Waals surface area contributed by atoms with E-state index in [1.807, 2.05) is 13.0 Å². The molecule has 0 N–H and O–H groups in total. The van der Waals surface area contributed by atoms with Crippen LogP contribution in [0.5, 0.6) is 11.5 Å². The van der Waals surface area contributed by atoms with E-state index in [0.29, 0.717) is 10.8 Å². The van der Waals surface area contributed by atoms with Gasteiger partial charge < -0.3 is 4.74 Å². The number of halogens is 1. The summed E-state index contributed by atoms with van der Waals surface area (Å²) in [6, 6.07) is 11.5. The van der Waals surface area contributed by atoms with E-state index in [1.165, 1.54) is 6.07 Å². The number of nitro groups is 1. The topological polar surface area (TPSA) is 52.4 Å². The molecule has 0 fully saturated rings. The second-order valence-corrected chi connectivity index (χ2v) is 4.12. The molecular weight excluding hydrogens is 254 g/mol. The van der Waals surface area contributed by atoms with Crippen molar-refractivity contribution >= 4 is 17.3 Å². The van der Waals surface area contributed by atoms with Crippen molar-refractivity contribution in [3.63, 3.8) is 0 Å². The van der Waals surface area contributed by atoms with E-state index in [1.54, 1.807) is 30.3 Å². The Balaban J connectivity index is 2.43. The van der Waals surface area contributed by atoms with E-state index in [2.05, 4.69) is 0 Å². The summed E-state index contributed by atoms with van der Waals surface area (Å²) in [4.78, 5) is 10.4. The number of nitro benzene ring substituents is 1. The molecule has 0 saturated carbocycles. The second-order valence-electron chi connectivity index (χ2n) is 3.71. The van der Waals surface area contributed by atoms with Crippen LogP contribution >= 0.6 is 11.6 Å². The average molecular weight is 264 g/mol. The minimum atomic E-state index is -0.485. The molecule has 0 radical (unpaired) electrons. The monoisotopic (exact) mass is 263 g/mol. The first-order valence-electron chi connectivity index (χ1n) is 5.26. The predicted molar refractivity (Wildman–Crippen MR) is 69.4 cm³/mol. The van der Waals surface area contributed by atoms with Crippen molar-refractivity contribution < 1.29 is 9.66 Å². The third kappa shape index (κ3) is 2.43. The zero-order valence-electron chi connectivity index (χ0n) is 9.59. The number of ether oxygens (including phenoxy) is 1. The maximum absolute atomic E-state index is 10.9. The number of hydrogen-bond acceptors (Lipinski definition) is 3. The summed E-state index contributed by atoms with van der Waals surface area (Å²) in [5.74, 6) is 0.618. The average Bonchev–Trinajstić information content (AvgIpc) is 2.34. The van der Waals surface area contributed by atoms with Crippen LogP contribution in [0.4, 0.5) is 5.69 Å². The Morgan fingerprint density at radius 1 is 1.17 bits per heavy atom. The van der Waals surface area contributed by atoms with E-state index < -0.39 is 4.92 Å². The van der Waals surface area contributed by atoms with E-state index in [0.717, 1.165) is 5.56 Å². The quantitative estimate of drug-likeness (QED) is 0.611. The summed E-state index contributed by atoms with van der Waals surface area (Å²) in [5, 5.41) is 11.3. The van der Waals surface area contributed by atoms with Gasteiger partial charge in [0.25, 0.3) is 0 Å². The maximum Gasteiger partial charge on any atom is 0.311 e. The fraction of sp³-hybridized carbons (Fsp3) is 0.0769. The fourth-order valence-corrected chi connectivity index (χ4v) is 1.81. The van der Waals surface area contributed by atoms with Crippen molar-refractivity contribution in [3.05, 3.63) is 63.2 Å². The highest BCUT2D eigenvalue weighted by Crippen LogP contribution is 2.36. The van der Waals surface area contributed by atoms with Gasteiger partial charge in [0.2, 0.25) is 5.75 Å². The van der Waals surface area contributed by atoms with E-state index >= 15 is 0 Å². The van der Waals surface area contributed by atoms with Gasteiger partial charge in [0, 0.05) is 6.07 Å². The third-order valence-corrected chi connectivity index (χ3v) is 2.74.